The Hall–Kier alpha value is -0.980. The number of alkyl halides is 2. The summed E-state index contributed by atoms with van der Waals surface area (Å²) in [6, 6.07) is 5.37. The summed E-state index contributed by atoms with van der Waals surface area (Å²) in [5, 5.41) is 6.89. The molecule has 0 unspecified atom stereocenters. The first-order valence-corrected chi connectivity index (χ1v) is 6.36. The predicted octanol–water partition coefficient (Wildman–Crippen LogP) is 1.87. The van der Waals surface area contributed by atoms with Crippen molar-refractivity contribution in [2.24, 2.45) is 0 Å². The van der Waals surface area contributed by atoms with Crippen LogP contribution in [-0.4, -0.2) is 24.2 Å². The molecular formula is C8H7Cl2NO4S. The standard InChI is InChI=1S/C7H5Cl2NO2S.CH2O2/c8-7(9)13(11,12)10-6-2-1-4-3-5(4)6;2-1-3/h1-3,7,10H;1H,(H,2,3). The van der Waals surface area contributed by atoms with Gasteiger partial charge in [-0.2, -0.15) is 0 Å². The van der Waals surface area contributed by atoms with Crippen molar-refractivity contribution in [1.82, 2.24) is 0 Å². The minimum Gasteiger partial charge on any atom is -0.483 e. The van der Waals surface area contributed by atoms with E-state index in [1.165, 1.54) is 0 Å². The van der Waals surface area contributed by atoms with Crippen molar-refractivity contribution in [2.45, 2.75) is 4.17 Å². The molecule has 0 saturated heterocycles. The second-order valence-corrected chi connectivity index (χ2v) is 6.15. The highest BCUT2D eigenvalue weighted by Gasteiger charge is 2.25. The highest BCUT2D eigenvalue weighted by molar-refractivity contribution is 7.95. The minimum absolute atomic E-state index is 0.250. The summed E-state index contributed by atoms with van der Waals surface area (Å²) in [5.41, 5.74) is 2.51. The fourth-order valence-corrected chi connectivity index (χ4v) is 1.88. The number of carboxylic acid groups (broad SMARTS) is 1. The van der Waals surface area contributed by atoms with Crippen molar-refractivity contribution in [3.8, 4) is 11.1 Å². The molecule has 2 N–H and O–H groups in total. The zero-order valence-corrected chi connectivity index (χ0v) is 10.1. The van der Waals surface area contributed by atoms with Gasteiger partial charge in [0.2, 0.25) is 4.17 Å². The molecule has 88 valence electrons. The second kappa shape index (κ2) is 4.90. The predicted molar refractivity (Wildman–Crippen MR) is 62.2 cm³/mol. The Labute approximate surface area is 102 Å². The van der Waals surface area contributed by atoms with Gasteiger partial charge in [0, 0.05) is 5.56 Å². The van der Waals surface area contributed by atoms with E-state index in [0.717, 1.165) is 11.1 Å². The van der Waals surface area contributed by atoms with Crippen LogP contribution < -0.4 is 4.72 Å². The molecule has 0 aromatic carbocycles. The molecule has 2 rings (SSSR count). The highest BCUT2D eigenvalue weighted by atomic mass is 35.5. The third kappa shape index (κ3) is 3.01. The third-order valence-corrected chi connectivity index (χ3v) is 4.11. The van der Waals surface area contributed by atoms with Crippen LogP contribution in [-0.2, 0) is 14.8 Å². The molecule has 0 aromatic rings. The number of fused-ring (bicyclic) bond motifs is 1. The number of anilines is 1. The van der Waals surface area contributed by atoms with Gasteiger partial charge in [0.25, 0.3) is 16.5 Å². The quantitative estimate of drug-likeness (QED) is 0.665. The summed E-state index contributed by atoms with van der Waals surface area (Å²) in [4.78, 5) is 8.36. The van der Waals surface area contributed by atoms with E-state index in [9.17, 15) is 8.42 Å². The summed E-state index contributed by atoms with van der Waals surface area (Å²) >= 11 is 10.5. The van der Waals surface area contributed by atoms with Crippen LogP contribution in [0, 0.1) is 0 Å². The van der Waals surface area contributed by atoms with Gasteiger partial charge in [-0.25, -0.2) is 8.42 Å². The lowest BCUT2D eigenvalue weighted by Gasteiger charge is -2.05. The zero-order valence-electron chi connectivity index (χ0n) is 7.72. The molecule has 0 heterocycles. The smallest absolute Gasteiger partial charge is 0.290 e. The van der Waals surface area contributed by atoms with E-state index < -0.39 is 14.2 Å². The van der Waals surface area contributed by atoms with E-state index in [1.807, 2.05) is 12.1 Å². The Bertz CT molecular complexity index is 501. The highest BCUT2D eigenvalue weighted by Crippen LogP contribution is 2.42. The summed E-state index contributed by atoms with van der Waals surface area (Å²) in [6.07, 6.45) is 0. The Morgan fingerprint density at radius 1 is 1.38 bits per heavy atom. The number of rotatable bonds is 3. The van der Waals surface area contributed by atoms with E-state index >= 15 is 0 Å². The lowest BCUT2D eigenvalue weighted by atomic mass is 10.5. The number of sulfonamides is 1. The van der Waals surface area contributed by atoms with Crippen molar-refractivity contribution >= 4 is 45.4 Å². The summed E-state index contributed by atoms with van der Waals surface area (Å²) in [7, 11) is -3.65. The molecule has 2 aliphatic rings. The molecule has 5 nitrogen and oxygen atoms in total. The van der Waals surface area contributed by atoms with Crippen molar-refractivity contribution in [2.75, 3.05) is 4.72 Å². The molecular weight excluding hydrogens is 277 g/mol. The maximum Gasteiger partial charge on any atom is 0.290 e. The van der Waals surface area contributed by atoms with Crippen LogP contribution in [0.1, 0.15) is 0 Å². The molecule has 0 aromatic heterocycles. The fraction of sp³-hybridized carbons (Fsp3) is 0.125. The first-order valence-electron chi connectivity index (χ1n) is 3.94. The lowest BCUT2D eigenvalue weighted by Crippen LogP contribution is -2.18. The van der Waals surface area contributed by atoms with E-state index in [2.05, 4.69) is 4.72 Å². The van der Waals surface area contributed by atoms with Crippen LogP contribution >= 0.6 is 23.2 Å². The van der Waals surface area contributed by atoms with Crippen LogP contribution in [0.25, 0.3) is 11.1 Å². The minimum atomic E-state index is -3.65. The Morgan fingerprint density at radius 3 is 2.25 bits per heavy atom. The van der Waals surface area contributed by atoms with Crippen molar-refractivity contribution in [3.05, 3.63) is 18.2 Å². The van der Waals surface area contributed by atoms with Crippen LogP contribution in [0.15, 0.2) is 18.2 Å². The lowest BCUT2D eigenvalue weighted by molar-refractivity contribution is -0.122. The van der Waals surface area contributed by atoms with Crippen LogP contribution in [0.4, 0.5) is 5.69 Å². The molecule has 0 aliphatic heterocycles. The molecule has 0 saturated carbocycles. The molecule has 0 amide bonds. The van der Waals surface area contributed by atoms with E-state index in [-0.39, 0.29) is 6.47 Å². The summed E-state index contributed by atoms with van der Waals surface area (Å²) in [5.74, 6) is 0. The molecule has 0 bridgehead atoms. The number of halogens is 2. The van der Waals surface area contributed by atoms with Crippen LogP contribution in [0.5, 0.6) is 0 Å². The van der Waals surface area contributed by atoms with Gasteiger partial charge in [0.05, 0.1) is 5.69 Å². The summed E-state index contributed by atoms with van der Waals surface area (Å²) in [6.45, 7) is -0.250. The molecule has 0 radical (unpaired) electrons. The third-order valence-electron chi connectivity index (χ3n) is 1.73. The largest absolute Gasteiger partial charge is 0.483 e. The number of benzene rings is 1. The molecule has 8 heteroatoms. The maximum atomic E-state index is 11.2. The van der Waals surface area contributed by atoms with Gasteiger partial charge >= 0.3 is 0 Å². The molecule has 2 aliphatic carbocycles. The molecule has 0 spiro atoms. The van der Waals surface area contributed by atoms with Crippen molar-refractivity contribution < 1.29 is 18.3 Å². The molecule has 16 heavy (non-hydrogen) atoms. The van der Waals surface area contributed by atoms with Crippen molar-refractivity contribution in [1.29, 1.82) is 0 Å². The average Bonchev–Trinajstić information content (AvgIpc) is 2.85. The first kappa shape index (κ1) is 13.1. The second-order valence-electron chi connectivity index (χ2n) is 2.77. The van der Waals surface area contributed by atoms with Gasteiger partial charge in [-0.15, -0.1) is 0 Å². The summed E-state index contributed by atoms with van der Waals surface area (Å²) < 4.78 is 23.2. The zero-order chi connectivity index (χ0) is 12.3. The topological polar surface area (TPSA) is 83.5 Å². The van der Waals surface area contributed by atoms with Gasteiger partial charge in [0.1, 0.15) is 0 Å². The van der Waals surface area contributed by atoms with E-state index in [0.29, 0.717) is 5.69 Å². The van der Waals surface area contributed by atoms with Gasteiger partial charge in [-0.05, 0) is 17.7 Å². The number of hydrogen-bond acceptors (Lipinski definition) is 3. The van der Waals surface area contributed by atoms with Gasteiger partial charge in [0.15, 0.2) is 0 Å². The molecule has 0 atom stereocenters. The van der Waals surface area contributed by atoms with E-state index in [1.54, 1.807) is 6.07 Å². The van der Waals surface area contributed by atoms with Crippen molar-refractivity contribution in [3.63, 3.8) is 0 Å². The van der Waals surface area contributed by atoms with Gasteiger partial charge in [-0.1, -0.05) is 29.3 Å². The van der Waals surface area contributed by atoms with Gasteiger partial charge in [-0.3, -0.25) is 9.52 Å². The Balaban J connectivity index is 0.000000386. The monoisotopic (exact) mass is 283 g/mol. The fourth-order valence-electron chi connectivity index (χ4n) is 1.04. The molecule has 0 fully saturated rings. The SMILES string of the molecule is O=CO.O=S(=O)(Nc1ccc2cc1-2)C(Cl)Cl. The number of hydrogen-bond donors (Lipinski definition) is 2. The number of nitrogens with one attached hydrogen (secondary N) is 1. The first-order chi connectivity index (χ1) is 7.42. The Kier molecular flexibility index (Phi) is 4.01. The Morgan fingerprint density at radius 2 is 1.94 bits per heavy atom. The maximum absolute atomic E-state index is 11.2. The number of carbonyl (C=O) groups is 1. The average molecular weight is 284 g/mol. The van der Waals surface area contributed by atoms with Gasteiger partial charge < -0.3 is 5.11 Å². The van der Waals surface area contributed by atoms with Crippen LogP contribution in [0.2, 0.25) is 0 Å². The normalized spacial score (nSPS) is 11.4. The van der Waals surface area contributed by atoms with Crippen LogP contribution in [0.3, 0.4) is 0 Å². The van der Waals surface area contributed by atoms with E-state index in [4.69, 9.17) is 33.1 Å².